The molecule has 2 heterocycles. The van der Waals surface area contributed by atoms with Crippen LogP contribution in [0.4, 0.5) is 0 Å². The molecule has 1 atom stereocenters. The van der Waals surface area contributed by atoms with Crippen LogP contribution in [0.15, 0.2) is 22.9 Å². The first-order chi connectivity index (χ1) is 9.24. The Morgan fingerprint density at radius 2 is 2.21 bits per heavy atom. The molecule has 2 aromatic heterocycles. The lowest BCUT2D eigenvalue weighted by molar-refractivity contribution is 0.539. The average molecular weight is 275 g/mol. The van der Waals surface area contributed by atoms with Crippen LogP contribution in [0.2, 0.25) is 0 Å². The van der Waals surface area contributed by atoms with Crippen molar-refractivity contribution in [2.45, 2.75) is 39.2 Å². The fraction of sp³-hybridized carbons (Fsp3) is 0.467. The number of aromatic nitrogens is 2. The molecule has 0 aliphatic rings. The molecular weight excluding hydrogens is 254 g/mol. The van der Waals surface area contributed by atoms with Gasteiger partial charge in [-0.1, -0.05) is 6.92 Å². The molecule has 2 rings (SSSR count). The summed E-state index contributed by atoms with van der Waals surface area (Å²) in [5.74, 6) is 0. The summed E-state index contributed by atoms with van der Waals surface area (Å²) in [7, 11) is 2.02. The van der Waals surface area contributed by atoms with E-state index in [-0.39, 0.29) is 0 Å². The first-order valence-corrected chi connectivity index (χ1v) is 7.70. The summed E-state index contributed by atoms with van der Waals surface area (Å²) in [6.45, 7) is 4.13. The zero-order chi connectivity index (χ0) is 13.7. The molecule has 0 spiro atoms. The fourth-order valence-corrected chi connectivity index (χ4v) is 3.02. The van der Waals surface area contributed by atoms with Crippen molar-refractivity contribution in [3.8, 4) is 0 Å². The number of thiophene rings is 1. The van der Waals surface area contributed by atoms with Crippen molar-refractivity contribution in [3.63, 3.8) is 0 Å². The number of nitrogens with zero attached hydrogens (tertiary/aromatic N) is 2. The largest absolute Gasteiger partial charge is 0.313 e. The van der Waals surface area contributed by atoms with Crippen molar-refractivity contribution in [2.24, 2.45) is 0 Å². The molecule has 0 saturated heterocycles. The van der Waals surface area contributed by atoms with Crippen molar-refractivity contribution in [1.29, 1.82) is 0 Å². The number of nitrogens with one attached hydrogen (secondary N) is 1. The van der Waals surface area contributed by atoms with Crippen LogP contribution >= 0.6 is 11.3 Å². The minimum absolute atomic E-state index is 0.351. The van der Waals surface area contributed by atoms with Crippen LogP contribution in [-0.4, -0.2) is 17.2 Å². The van der Waals surface area contributed by atoms with Crippen molar-refractivity contribution >= 4 is 11.3 Å². The van der Waals surface area contributed by atoms with Gasteiger partial charge in [-0.05, 0) is 67.3 Å². The third-order valence-electron chi connectivity index (χ3n) is 3.39. The highest BCUT2D eigenvalue weighted by Gasteiger charge is 2.15. The maximum atomic E-state index is 4.32. The smallest absolute Gasteiger partial charge is 0.0676 e. The van der Waals surface area contributed by atoms with Gasteiger partial charge in [0.25, 0.3) is 0 Å². The number of hydrogen-bond donors (Lipinski definition) is 1. The topological polar surface area (TPSA) is 37.8 Å². The Bertz CT molecular complexity index is 508. The highest BCUT2D eigenvalue weighted by atomic mass is 32.1. The lowest BCUT2D eigenvalue weighted by atomic mass is 9.98. The molecule has 3 nitrogen and oxygen atoms in total. The van der Waals surface area contributed by atoms with Gasteiger partial charge < -0.3 is 5.32 Å². The zero-order valence-electron chi connectivity index (χ0n) is 11.8. The number of aryl methyl sites for hydroxylation is 3. The summed E-state index contributed by atoms with van der Waals surface area (Å²) in [5, 5.41) is 16.3. The molecule has 0 amide bonds. The number of rotatable bonds is 6. The van der Waals surface area contributed by atoms with E-state index in [4.69, 9.17) is 0 Å². The summed E-state index contributed by atoms with van der Waals surface area (Å²) in [4.78, 5) is 0. The molecule has 4 heteroatoms. The van der Waals surface area contributed by atoms with Crippen LogP contribution < -0.4 is 5.32 Å². The van der Waals surface area contributed by atoms with Gasteiger partial charge in [0.05, 0.1) is 11.4 Å². The lowest BCUT2D eigenvalue weighted by Crippen LogP contribution is -2.20. The maximum absolute atomic E-state index is 4.32. The predicted molar refractivity (Wildman–Crippen MR) is 80.6 cm³/mol. The summed E-state index contributed by atoms with van der Waals surface area (Å²) in [5.41, 5.74) is 4.81. The van der Waals surface area contributed by atoms with Gasteiger partial charge in [0.2, 0.25) is 0 Å². The normalized spacial score (nSPS) is 12.6. The number of hydrogen-bond acceptors (Lipinski definition) is 4. The standard InChI is InChI=1S/C15H21N3S/c1-4-14-13(9-11(2)17-18-14)15(16-3)6-5-12-7-8-19-10-12/h7-10,15-16H,4-6H2,1-3H3. The van der Waals surface area contributed by atoms with Crippen LogP contribution in [0.25, 0.3) is 0 Å². The molecule has 0 aliphatic carbocycles. The Morgan fingerprint density at radius 3 is 2.84 bits per heavy atom. The molecule has 0 fully saturated rings. The van der Waals surface area contributed by atoms with E-state index in [0.29, 0.717) is 6.04 Å². The quantitative estimate of drug-likeness (QED) is 0.879. The monoisotopic (exact) mass is 275 g/mol. The van der Waals surface area contributed by atoms with E-state index in [1.165, 1.54) is 11.1 Å². The Balaban J connectivity index is 2.14. The summed E-state index contributed by atoms with van der Waals surface area (Å²) in [6.07, 6.45) is 3.12. The van der Waals surface area contributed by atoms with Crippen LogP contribution in [0, 0.1) is 6.92 Å². The van der Waals surface area contributed by atoms with Crippen molar-refractivity contribution < 1.29 is 0 Å². The second-order valence-electron chi connectivity index (χ2n) is 4.75. The van der Waals surface area contributed by atoms with E-state index in [0.717, 1.165) is 30.7 Å². The van der Waals surface area contributed by atoms with E-state index in [2.05, 4.69) is 45.3 Å². The minimum Gasteiger partial charge on any atom is -0.313 e. The molecule has 2 aromatic rings. The molecule has 1 unspecified atom stereocenters. The highest BCUT2D eigenvalue weighted by molar-refractivity contribution is 7.07. The van der Waals surface area contributed by atoms with E-state index in [1.54, 1.807) is 11.3 Å². The van der Waals surface area contributed by atoms with E-state index in [1.807, 2.05) is 14.0 Å². The van der Waals surface area contributed by atoms with Crippen molar-refractivity contribution in [1.82, 2.24) is 15.5 Å². The fourth-order valence-electron chi connectivity index (χ4n) is 2.31. The van der Waals surface area contributed by atoms with Gasteiger partial charge in [-0.15, -0.1) is 0 Å². The first kappa shape index (κ1) is 14.2. The minimum atomic E-state index is 0.351. The van der Waals surface area contributed by atoms with E-state index < -0.39 is 0 Å². The van der Waals surface area contributed by atoms with Gasteiger partial charge >= 0.3 is 0 Å². The van der Waals surface area contributed by atoms with Gasteiger partial charge in [-0.25, -0.2) is 0 Å². The molecule has 0 aromatic carbocycles. The second kappa shape index (κ2) is 6.78. The molecule has 0 saturated carbocycles. The third kappa shape index (κ3) is 3.61. The van der Waals surface area contributed by atoms with Crippen molar-refractivity contribution in [3.05, 3.63) is 45.4 Å². The Labute approximate surface area is 119 Å². The Kier molecular flexibility index (Phi) is 5.05. The Morgan fingerprint density at radius 1 is 1.37 bits per heavy atom. The zero-order valence-corrected chi connectivity index (χ0v) is 12.6. The van der Waals surface area contributed by atoms with Gasteiger partial charge in [-0.3, -0.25) is 0 Å². The van der Waals surface area contributed by atoms with Gasteiger partial charge in [0.15, 0.2) is 0 Å². The molecule has 102 valence electrons. The molecular formula is C15H21N3S. The Hall–Kier alpha value is -1.26. The van der Waals surface area contributed by atoms with Crippen LogP contribution in [0.1, 0.15) is 41.9 Å². The molecule has 19 heavy (non-hydrogen) atoms. The second-order valence-corrected chi connectivity index (χ2v) is 5.53. The molecule has 0 bridgehead atoms. The molecule has 0 aliphatic heterocycles. The van der Waals surface area contributed by atoms with Gasteiger partial charge in [-0.2, -0.15) is 21.5 Å². The maximum Gasteiger partial charge on any atom is 0.0676 e. The highest BCUT2D eigenvalue weighted by Crippen LogP contribution is 2.22. The summed E-state index contributed by atoms with van der Waals surface area (Å²) < 4.78 is 0. The van der Waals surface area contributed by atoms with Crippen LogP contribution in [0.5, 0.6) is 0 Å². The van der Waals surface area contributed by atoms with Crippen molar-refractivity contribution in [2.75, 3.05) is 7.05 Å². The third-order valence-corrected chi connectivity index (χ3v) is 4.12. The molecule has 1 N–H and O–H groups in total. The SMILES string of the molecule is CCc1nnc(C)cc1C(CCc1ccsc1)NC. The van der Waals surface area contributed by atoms with Crippen LogP contribution in [-0.2, 0) is 12.8 Å². The lowest BCUT2D eigenvalue weighted by Gasteiger charge is -2.19. The predicted octanol–water partition coefficient (Wildman–Crippen LogP) is 3.30. The van der Waals surface area contributed by atoms with Gasteiger partial charge in [0, 0.05) is 6.04 Å². The summed E-state index contributed by atoms with van der Waals surface area (Å²) in [6, 6.07) is 4.72. The van der Waals surface area contributed by atoms with E-state index >= 15 is 0 Å². The van der Waals surface area contributed by atoms with E-state index in [9.17, 15) is 0 Å². The molecule has 0 radical (unpaired) electrons. The van der Waals surface area contributed by atoms with Crippen LogP contribution in [0.3, 0.4) is 0 Å². The first-order valence-electron chi connectivity index (χ1n) is 6.76. The average Bonchev–Trinajstić information content (AvgIpc) is 2.93. The summed E-state index contributed by atoms with van der Waals surface area (Å²) >= 11 is 1.76. The van der Waals surface area contributed by atoms with Gasteiger partial charge in [0.1, 0.15) is 0 Å².